The first kappa shape index (κ1) is 67.6. The lowest BCUT2D eigenvalue weighted by Gasteiger charge is -2.50. The Bertz CT molecular complexity index is 3250. The monoisotopic (exact) mass is 1520 g/mol. The largest absolute Gasteiger partial charge is 0.309 e. The molecule has 2 aliphatic rings. The summed E-state index contributed by atoms with van der Waals surface area (Å²) in [5, 5.41) is 2.65. The van der Waals surface area contributed by atoms with E-state index in [0.29, 0.717) is 0 Å². The highest BCUT2D eigenvalue weighted by Crippen LogP contribution is 3.36. The second-order valence-electron chi connectivity index (χ2n) is 19.0. The van der Waals surface area contributed by atoms with Gasteiger partial charge in [0.1, 0.15) is 0 Å². The van der Waals surface area contributed by atoms with E-state index in [-0.39, 0.29) is 94.7 Å². The van der Waals surface area contributed by atoms with Crippen molar-refractivity contribution >= 4 is 265 Å². The molecular weight excluding hydrogens is 1460 g/mol. The van der Waals surface area contributed by atoms with Crippen LogP contribution in [0.15, 0.2) is 152 Å². The maximum absolute atomic E-state index is 3.39. The van der Waals surface area contributed by atoms with Crippen molar-refractivity contribution in [1.82, 2.24) is 0 Å². The van der Waals surface area contributed by atoms with Gasteiger partial charge in [-0.05, 0) is 171 Å². The normalized spacial score (nSPS) is 15.3. The fourth-order valence-corrected chi connectivity index (χ4v) is 356. The first-order chi connectivity index (χ1) is 36.6. The molecule has 1 heterocycles. The molecule has 0 bridgehead atoms. The third-order valence-corrected chi connectivity index (χ3v) is 191. The Morgan fingerprint density at radius 1 is 0.390 bits per heavy atom. The average Bonchev–Trinajstić information content (AvgIpc) is 4.22. The lowest BCUT2D eigenvalue weighted by Crippen LogP contribution is -2.17. The standard InChI is InChI=1S/C48H37NS.H29P27/c1-47(2)37-19-8-5-17-34(37)45-39(47)21-12-23-41(45)49(42-24-13-22-40-46(42)35-18-6-9-20-38(35)48(40,3)4)32-15-11-14-30(28-32)31-26-27-44-36(29-31)33-16-7-10-25-43(33)50-44;1-15-22(14)26(23(16(2)3)17(4)5)27(24(18(6)7)19(8)9)25(20(10)11)21(12)13/h5-29H,1-4H3;15H,1-14H2. The summed E-state index contributed by atoms with van der Waals surface area (Å²) < 4.78 is 2.66. The minimum absolute atomic E-state index is 0.0165. The summed E-state index contributed by atoms with van der Waals surface area (Å²) in [4.78, 5) is 2.55. The topological polar surface area (TPSA) is 3.24 Å². The summed E-state index contributed by atoms with van der Waals surface area (Å²) in [5.41, 5.74) is 16.7. The zero-order valence-electron chi connectivity index (χ0n) is 42.7. The summed E-state index contributed by atoms with van der Waals surface area (Å²) in [7, 11) is 46.6. The number of fused-ring (bicyclic) bond motifs is 9. The zero-order valence-corrected chi connectivity index (χ0v) is 71.5. The van der Waals surface area contributed by atoms with Gasteiger partial charge in [0, 0.05) is 47.8 Å². The first-order valence-corrected chi connectivity index (χ1v) is 73.0. The van der Waals surface area contributed by atoms with E-state index in [1.807, 2.05) is 11.3 Å². The minimum atomic E-state index is -0.0958. The van der Waals surface area contributed by atoms with Crippen LogP contribution in [0.2, 0.25) is 0 Å². The fourth-order valence-electron chi connectivity index (χ4n) is 10.4. The summed E-state index contributed by atoms with van der Waals surface area (Å²) in [5.74, 6) is 0. The zero-order chi connectivity index (χ0) is 55.4. The van der Waals surface area contributed by atoms with Gasteiger partial charge in [-0.2, -0.15) is 0 Å². The lowest BCUT2D eigenvalue weighted by molar-refractivity contribution is 0.660. The van der Waals surface area contributed by atoms with Crippen molar-refractivity contribution in [3.63, 3.8) is 0 Å². The maximum Gasteiger partial charge on any atom is 0.0543 e. The molecule has 7 aromatic carbocycles. The molecule has 0 spiro atoms. The molecule has 2 aliphatic carbocycles. The van der Waals surface area contributed by atoms with E-state index < -0.39 is 0 Å². The van der Waals surface area contributed by atoms with Crippen LogP contribution in [0.1, 0.15) is 49.9 Å². The Labute approximate surface area is 510 Å². The number of anilines is 3. The van der Waals surface area contributed by atoms with E-state index >= 15 is 0 Å². The summed E-state index contributed by atoms with van der Waals surface area (Å²) in [6.45, 7) is 9.84. The third-order valence-electron chi connectivity index (χ3n) is 13.7. The van der Waals surface area contributed by atoms with Crippen molar-refractivity contribution in [2.75, 3.05) is 4.90 Å². The Morgan fingerprint density at radius 3 is 1.30 bits per heavy atom. The summed E-state index contributed by atoms with van der Waals surface area (Å²) in [6, 6.07) is 56.8. The predicted molar refractivity (Wildman–Crippen MR) is 442 cm³/mol. The van der Waals surface area contributed by atoms with Crippen LogP contribution in [0.5, 0.6) is 0 Å². The van der Waals surface area contributed by atoms with Crippen molar-refractivity contribution in [3.8, 4) is 33.4 Å². The fraction of sp³-hybridized carbons (Fsp3) is 0.125. The number of thiophene rings is 1. The Balaban J connectivity index is 0.000000230. The van der Waals surface area contributed by atoms with Gasteiger partial charge in [0.25, 0.3) is 0 Å². The van der Waals surface area contributed by atoms with Gasteiger partial charge >= 0.3 is 0 Å². The molecule has 17 atom stereocenters. The molecule has 29 heteroatoms. The highest BCUT2D eigenvalue weighted by atomic mass is 33.5. The average molecular weight is 1530 g/mol. The van der Waals surface area contributed by atoms with Gasteiger partial charge in [-0.1, -0.05) is 145 Å². The highest BCUT2D eigenvalue weighted by Gasteiger charge is 2.48. The van der Waals surface area contributed by atoms with Gasteiger partial charge < -0.3 is 4.90 Å². The molecule has 10 rings (SSSR count). The molecule has 0 saturated carbocycles. The van der Waals surface area contributed by atoms with Crippen LogP contribution in [0.3, 0.4) is 0 Å². The van der Waals surface area contributed by atoms with Gasteiger partial charge in [0.15, 0.2) is 0 Å². The van der Waals surface area contributed by atoms with Crippen molar-refractivity contribution in [2.45, 2.75) is 38.5 Å². The van der Waals surface area contributed by atoms with Crippen molar-refractivity contribution < 1.29 is 0 Å². The van der Waals surface area contributed by atoms with E-state index in [9.17, 15) is 0 Å². The molecule has 8 aromatic rings. The van der Waals surface area contributed by atoms with Crippen LogP contribution in [0.4, 0.5) is 17.1 Å². The van der Waals surface area contributed by atoms with E-state index in [2.05, 4.69) is 309 Å². The molecule has 77 heavy (non-hydrogen) atoms. The van der Waals surface area contributed by atoms with E-state index in [4.69, 9.17) is 0 Å². The van der Waals surface area contributed by atoms with Crippen molar-refractivity contribution in [1.29, 1.82) is 0 Å². The van der Waals surface area contributed by atoms with Crippen LogP contribution >= 0.6 is 228 Å². The first-order valence-electron chi connectivity index (χ1n) is 23.7. The van der Waals surface area contributed by atoms with Crippen molar-refractivity contribution in [2.24, 2.45) is 0 Å². The molecule has 0 saturated heterocycles. The number of hydrogen-bond acceptors (Lipinski definition) is 2. The maximum atomic E-state index is 3.39. The molecule has 0 fully saturated rings. The van der Waals surface area contributed by atoms with Crippen LogP contribution in [0.25, 0.3) is 53.6 Å². The van der Waals surface area contributed by atoms with Crippen LogP contribution in [-0.2, 0) is 10.8 Å². The molecular formula is C48H66NP27S. The molecule has 0 radical (unpaired) electrons. The molecule has 0 N–H and O–H groups in total. The number of hydrogen-bond donors (Lipinski definition) is 0. The van der Waals surface area contributed by atoms with Gasteiger partial charge in [-0.25, -0.2) is 0 Å². The van der Waals surface area contributed by atoms with Crippen LogP contribution in [0, 0.1) is 0 Å². The third kappa shape index (κ3) is 14.3. The Kier molecular flexibility index (Phi) is 26.0. The molecule has 17 unspecified atom stereocenters. The molecule has 0 amide bonds. The smallest absolute Gasteiger partial charge is 0.0543 e. The number of rotatable bonds is 16. The van der Waals surface area contributed by atoms with Gasteiger partial charge in [0.2, 0.25) is 0 Å². The van der Waals surface area contributed by atoms with Gasteiger partial charge in [-0.3, -0.25) is 0 Å². The molecule has 0 aliphatic heterocycles. The lowest BCUT2D eigenvalue weighted by atomic mass is 9.82. The van der Waals surface area contributed by atoms with Gasteiger partial charge in [0.05, 0.1) is 11.4 Å². The van der Waals surface area contributed by atoms with E-state index in [0.717, 1.165) is 13.6 Å². The highest BCUT2D eigenvalue weighted by molar-refractivity contribution is 9.42. The van der Waals surface area contributed by atoms with Gasteiger partial charge in [-0.15, -0.1) is 136 Å². The SMILES string of the molecule is CC1(C)c2ccccc2-c2c(N(c3cccc(-c4ccc5sc6ccccc6c5c4)c3)c3cccc4c3-c3ccccc3C4(C)C)cccc21.PPP(P)P(P(P(P)P)P(P)P)P(P(P(P)P)P(P)P)P(P(P)P)P(P)P. The summed E-state index contributed by atoms with van der Waals surface area (Å²) >= 11 is 1.87. The Morgan fingerprint density at radius 2 is 0.805 bits per heavy atom. The van der Waals surface area contributed by atoms with E-state index in [1.165, 1.54) is 87.2 Å². The van der Waals surface area contributed by atoms with Crippen LogP contribution in [-0.4, -0.2) is 0 Å². The Hall–Kier alpha value is 6.17. The molecule has 1 aromatic heterocycles. The molecule has 1 nitrogen and oxygen atoms in total. The number of nitrogens with zero attached hydrogens (tertiary/aromatic N) is 1. The predicted octanol–water partition coefficient (Wildman–Crippen LogP) is 29.3. The van der Waals surface area contributed by atoms with E-state index in [1.54, 1.807) is 0 Å². The van der Waals surface area contributed by atoms with Crippen LogP contribution < -0.4 is 4.90 Å². The number of benzene rings is 7. The molecule has 404 valence electrons. The minimum Gasteiger partial charge on any atom is -0.309 e. The second-order valence-corrected chi connectivity index (χ2v) is 127. The quantitative estimate of drug-likeness (QED) is 0.0872. The van der Waals surface area contributed by atoms with Crippen molar-refractivity contribution in [3.05, 3.63) is 174 Å². The summed E-state index contributed by atoms with van der Waals surface area (Å²) in [6.07, 6.45) is 0. The second kappa shape index (κ2) is 29.6.